The molecule has 160 valence electrons. The standard InChI is InChI=1S/C17H19BrF3N3O5/c1-9-8-23(13(22)15(26)29-16(27)17(19,20)21)5-6-24(9)14(25)11-7-10(28-2)3-4-12(11)18/h3-4,7,9,13H,5-6,8,22H2,1-2H3. The van der Waals surface area contributed by atoms with Gasteiger partial charge in [-0.25, -0.2) is 9.59 Å². The molecule has 1 aromatic carbocycles. The lowest BCUT2D eigenvalue weighted by atomic mass is 10.1. The Balaban J connectivity index is 2.04. The number of nitrogens with two attached hydrogens (primary N) is 1. The third kappa shape index (κ3) is 5.46. The molecule has 1 heterocycles. The molecule has 1 aliphatic heterocycles. The van der Waals surface area contributed by atoms with Crippen molar-refractivity contribution < 1.29 is 37.0 Å². The highest BCUT2D eigenvalue weighted by Crippen LogP contribution is 2.25. The summed E-state index contributed by atoms with van der Waals surface area (Å²) in [7, 11) is 1.48. The van der Waals surface area contributed by atoms with Crippen LogP contribution in [0, 0.1) is 0 Å². The second-order valence-corrected chi connectivity index (χ2v) is 7.19. The van der Waals surface area contributed by atoms with Crippen LogP contribution in [0.1, 0.15) is 17.3 Å². The molecular formula is C17H19BrF3N3O5. The van der Waals surface area contributed by atoms with Gasteiger partial charge in [0.1, 0.15) is 5.75 Å². The van der Waals surface area contributed by atoms with Crippen molar-refractivity contribution in [2.75, 3.05) is 26.7 Å². The molecule has 0 aliphatic carbocycles. The van der Waals surface area contributed by atoms with Crippen LogP contribution in [-0.2, 0) is 14.3 Å². The minimum atomic E-state index is -5.29. The Morgan fingerprint density at radius 3 is 2.48 bits per heavy atom. The first-order chi connectivity index (χ1) is 13.5. The van der Waals surface area contributed by atoms with Gasteiger partial charge in [-0.2, -0.15) is 13.2 Å². The SMILES string of the molecule is COc1ccc(Br)c(C(=O)N2CCN(C(N)C(=O)OC(=O)C(F)(F)F)CC2C)c1. The van der Waals surface area contributed by atoms with Gasteiger partial charge in [-0.1, -0.05) is 0 Å². The molecule has 0 spiro atoms. The van der Waals surface area contributed by atoms with Gasteiger partial charge in [-0.3, -0.25) is 9.69 Å². The maximum absolute atomic E-state index is 12.9. The molecule has 1 saturated heterocycles. The molecule has 2 rings (SSSR count). The van der Waals surface area contributed by atoms with Crippen molar-refractivity contribution in [2.24, 2.45) is 5.73 Å². The van der Waals surface area contributed by atoms with Crippen LogP contribution in [-0.4, -0.2) is 72.8 Å². The van der Waals surface area contributed by atoms with E-state index in [0.717, 1.165) is 0 Å². The van der Waals surface area contributed by atoms with E-state index in [9.17, 15) is 27.6 Å². The Morgan fingerprint density at radius 2 is 1.93 bits per heavy atom. The number of rotatable bonds is 4. The van der Waals surface area contributed by atoms with E-state index in [1.807, 2.05) is 0 Å². The van der Waals surface area contributed by atoms with Crippen LogP contribution in [0.3, 0.4) is 0 Å². The molecule has 8 nitrogen and oxygen atoms in total. The lowest BCUT2D eigenvalue weighted by molar-refractivity contribution is -0.203. The summed E-state index contributed by atoms with van der Waals surface area (Å²) in [5.41, 5.74) is 6.02. The van der Waals surface area contributed by atoms with Crippen LogP contribution in [0.25, 0.3) is 0 Å². The topological polar surface area (TPSA) is 102 Å². The molecule has 2 unspecified atom stereocenters. The largest absolute Gasteiger partial charge is 0.497 e. The first kappa shape index (κ1) is 23.1. The van der Waals surface area contributed by atoms with Gasteiger partial charge in [-0.15, -0.1) is 0 Å². The van der Waals surface area contributed by atoms with E-state index in [0.29, 0.717) is 15.8 Å². The summed E-state index contributed by atoms with van der Waals surface area (Å²) in [6.45, 7) is 2.08. The fraction of sp³-hybridized carbons (Fsp3) is 0.471. The zero-order chi connectivity index (χ0) is 21.9. The van der Waals surface area contributed by atoms with Crippen LogP contribution in [0.5, 0.6) is 5.75 Å². The lowest BCUT2D eigenvalue weighted by Crippen LogP contribution is -2.60. The van der Waals surface area contributed by atoms with E-state index in [4.69, 9.17) is 10.5 Å². The van der Waals surface area contributed by atoms with Gasteiger partial charge < -0.3 is 20.1 Å². The molecular weight excluding hydrogens is 463 g/mol. The fourth-order valence-electron chi connectivity index (χ4n) is 2.85. The number of carbonyl (C=O) groups excluding carboxylic acids is 3. The summed E-state index contributed by atoms with van der Waals surface area (Å²) in [4.78, 5) is 38.3. The molecule has 0 radical (unpaired) electrons. The van der Waals surface area contributed by atoms with Crippen molar-refractivity contribution in [3.8, 4) is 5.75 Å². The van der Waals surface area contributed by atoms with Crippen LogP contribution in [0.4, 0.5) is 13.2 Å². The predicted octanol–water partition coefficient (Wildman–Crippen LogP) is 1.52. The molecule has 1 amide bonds. The highest BCUT2D eigenvalue weighted by Gasteiger charge is 2.44. The third-order valence-corrected chi connectivity index (χ3v) is 5.07. The number of ether oxygens (including phenoxy) is 2. The Labute approximate surface area is 172 Å². The molecule has 1 aliphatic rings. The van der Waals surface area contributed by atoms with E-state index in [-0.39, 0.29) is 25.5 Å². The molecule has 12 heteroatoms. The zero-order valence-corrected chi connectivity index (χ0v) is 17.1. The molecule has 0 bridgehead atoms. The number of amides is 1. The Bertz CT molecular complexity index is 805. The Hall–Kier alpha value is -2.18. The zero-order valence-electron chi connectivity index (χ0n) is 15.5. The van der Waals surface area contributed by atoms with Crippen molar-refractivity contribution in [1.29, 1.82) is 0 Å². The van der Waals surface area contributed by atoms with Gasteiger partial charge in [-0.05, 0) is 41.1 Å². The summed E-state index contributed by atoms with van der Waals surface area (Å²) in [5, 5.41) is 0. The summed E-state index contributed by atoms with van der Waals surface area (Å²) in [6.07, 6.45) is -6.86. The maximum Gasteiger partial charge on any atom is 0.491 e. The first-order valence-corrected chi connectivity index (χ1v) is 9.22. The van der Waals surface area contributed by atoms with Crippen molar-refractivity contribution >= 4 is 33.8 Å². The minimum absolute atomic E-state index is 0.101. The second-order valence-electron chi connectivity index (χ2n) is 6.34. The summed E-state index contributed by atoms with van der Waals surface area (Å²) in [5.74, 6) is -3.91. The van der Waals surface area contributed by atoms with Crippen molar-refractivity contribution in [3.63, 3.8) is 0 Å². The Morgan fingerprint density at radius 1 is 1.28 bits per heavy atom. The van der Waals surface area contributed by atoms with E-state index >= 15 is 0 Å². The van der Waals surface area contributed by atoms with Gasteiger partial charge in [0.25, 0.3) is 5.91 Å². The molecule has 0 saturated carbocycles. The third-order valence-electron chi connectivity index (χ3n) is 4.38. The monoisotopic (exact) mass is 481 g/mol. The average molecular weight is 482 g/mol. The summed E-state index contributed by atoms with van der Waals surface area (Å²) >= 11 is 3.32. The van der Waals surface area contributed by atoms with Crippen LogP contribution >= 0.6 is 15.9 Å². The van der Waals surface area contributed by atoms with Crippen molar-refractivity contribution in [2.45, 2.75) is 25.3 Å². The van der Waals surface area contributed by atoms with Crippen LogP contribution in [0.15, 0.2) is 22.7 Å². The van der Waals surface area contributed by atoms with Crippen molar-refractivity contribution in [1.82, 2.24) is 9.80 Å². The molecule has 2 N–H and O–H groups in total. The molecule has 2 atom stereocenters. The fourth-order valence-corrected chi connectivity index (χ4v) is 3.27. The predicted molar refractivity (Wildman–Crippen MR) is 97.9 cm³/mol. The molecule has 1 fully saturated rings. The Kier molecular flexibility index (Phi) is 7.25. The number of methoxy groups -OCH3 is 1. The number of hydrogen-bond acceptors (Lipinski definition) is 7. The number of alkyl halides is 3. The van der Waals surface area contributed by atoms with Gasteiger partial charge in [0.05, 0.1) is 12.7 Å². The van der Waals surface area contributed by atoms with E-state index in [2.05, 4.69) is 20.7 Å². The number of benzene rings is 1. The van der Waals surface area contributed by atoms with Crippen molar-refractivity contribution in [3.05, 3.63) is 28.2 Å². The molecule has 1 aromatic rings. The van der Waals surface area contributed by atoms with Gasteiger partial charge in [0.15, 0.2) is 6.17 Å². The van der Waals surface area contributed by atoms with E-state index < -0.39 is 30.3 Å². The number of esters is 2. The number of hydrogen-bond donors (Lipinski definition) is 1. The highest BCUT2D eigenvalue weighted by atomic mass is 79.9. The summed E-state index contributed by atoms with van der Waals surface area (Å²) in [6, 6.07) is 4.54. The highest BCUT2D eigenvalue weighted by molar-refractivity contribution is 9.10. The minimum Gasteiger partial charge on any atom is -0.497 e. The lowest BCUT2D eigenvalue weighted by Gasteiger charge is -2.41. The second kappa shape index (κ2) is 9.09. The maximum atomic E-state index is 12.9. The number of halogens is 4. The van der Waals surface area contributed by atoms with E-state index in [1.165, 1.54) is 12.0 Å². The van der Waals surface area contributed by atoms with Crippen LogP contribution in [0.2, 0.25) is 0 Å². The number of piperazine rings is 1. The molecule has 29 heavy (non-hydrogen) atoms. The van der Waals surface area contributed by atoms with E-state index in [1.54, 1.807) is 30.0 Å². The number of nitrogens with zero attached hydrogens (tertiary/aromatic N) is 2. The first-order valence-electron chi connectivity index (χ1n) is 8.42. The normalized spacial score (nSPS) is 18.9. The van der Waals surface area contributed by atoms with Gasteiger partial charge >= 0.3 is 18.1 Å². The quantitative estimate of drug-likeness (QED) is 0.513. The summed E-state index contributed by atoms with van der Waals surface area (Å²) < 4.78 is 46.2. The van der Waals surface area contributed by atoms with Gasteiger partial charge in [0, 0.05) is 30.1 Å². The van der Waals surface area contributed by atoms with Crippen LogP contribution < -0.4 is 10.5 Å². The number of carbonyl (C=O) groups is 3. The smallest absolute Gasteiger partial charge is 0.491 e. The van der Waals surface area contributed by atoms with Gasteiger partial charge in [0.2, 0.25) is 0 Å². The molecule has 0 aromatic heterocycles. The average Bonchev–Trinajstić information content (AvgIpc) is 2.66.